The van der Waals surface area contributed by atoms with Gasteiger partial charge in [0, 0.05) is 16.7 Å². The molecule has 0 bridgehead atoms. The van der Waals surface area contributed by atoms with Crippen LogP contribution in [0.25, 0.3) is 0 Å². The number of rotatable bonds is 4. The van der Waals surface area contributed by atoms with Gasteiger partial charge >= 0.3 is 0 Å². The summed E-state index contributed by atoms with van der Waals surface area (Å²) < 4.78 is 39.9. The molecule has 7 heteroatoms. The third-order valence-electron chi connectivity index (χ3n) is 1.99. The number of anilines is 1. The minimum Gasteiger partial charge on any atom is -0.399 e. The van der Waals surface area contributed by atoms with Crippen LogP contribution in [0.4, 0.5) is 10.1 Å². The molecule has 1 aromatic rings. The SMILES string of the molecule is C=C(Br)CNS(=O)(=O)c1cc(N)cc(C)c1F. The summed E-state index contributed by atoms with van der Waals surface area (Å²) in [7, 11) is -3.93. The fourth-order valence-corrected chi connectivity index (χ4v) is 2.74. The summed E-state index contributed by atoms with van der Waals surface area (Å²) in [5.41, 5.74) is 5.87. The Morgan fingerprint density at radius 1 is 1.59 bits per heavy atom. The van der Waals surface area contributed by atoms with Gasteiger partial charge in [-0.25, -0.2) is 17.5 Å². The number of nitrogens with two attached hydrogens (primary N) is 1. The standard InChI is InChI=1S/C10H12BrFN2O2S/c1-6-3-8(13)4-9(10(6)12)17(15,16)14-5-7(2)11/h3-4,14H,2,5,13H2,1H3. The van der Waals surface area contributed by atoms with Gasteiger partial charge in [0.15, 0.2) is 0 Å². The van der Waals surface area contributed by atoms with Crippen LogP contribution < -0.4 is 10.5 Å². The molecule has 1 aromatic carbocycles. The first-order chi connectivity index (χ1) is 7.74. The molecule has 0 aliphatic heterocycles. The van der Waals surface area contributed by atoms with Crippen LogP contribution in [0, 0.1) is 12.7 Å². The number of hydrogen-bond acceptors (Lipinski definition) is 3. The highest BCUT2D eigenvalue weighted by atomic mass is 79.9. The predicted octanol–water partition coefficient (Wildman–Crippen LogP) is 1.90. The van der Waals surface area contributed by atoms with Gasteiger partial charge in [-0.1, -0.05) is 22.5 Å². The quantitative estimate of drug-likeness (QED) is 0.832. The van der Waals surface area contributed by atoms with E-state index in [9.17, 15) is 12.8 Å². The van der Waals surface area contributed by atoms with Crippen molar-refractivity contribution in [3.05, 3.63) is 34.6 Å². The summed E-state index contributed by atoms with van der Waals surface area (Å²) in [6.45, 7) is 4.91. The van der Waals surface area contributed by atoms with Crippen molar-refractivity contribution in [2.75, 3.05) is 12.3 Å². The van der Waals surface area contributed by atoms with E-state index in [0.717, 1.165) is 6.07 Å². The lowest BCUT2D eigenvalue weighted by molar-refractivity contribution is 0.556. The molecular formula is C10H12BrFN2O2S. The van der Waals surface area contributed by atoms with Gasteiger partial charge in [0.2, 0.25) is 10.0 Å². The van der Waals surface area contributed by atoms with Gasteiger partial charge in [0.1, 0.15) is 10.7 Å². The van der Waals surface area contributed by atoms with E-state index in [1.807, 2.05) is 0 Å². The summed E-state index contributed by atoms with van der Waals surface area (Å²) in [6, 6.07) is 2.46. The number of nitrogens with one attached hydrogen (secondary N) is 1. The largest absolute Gasteiger partial charge is 0.399 e. The van der Waals surface area contributed by atoms with Crippen LogP contribution >= 0.6 is 15.9 Å². The second-order valence-electron chi connectivity index (χ2n) is 3.49. The van der Waals surface area contributed by atoms with Crippen LogP contribution in [0.5, 0.6) is 0 Å². The maximum atomic E-state index is 13.7. The van der Waals surface area contributed by atoms with E-state index in [1.165, 1.54) is 13.0 Å². The fourth-order valence-electron chi connectivity index (χ4n) is 1.21. The summed E-state index contributed by atoms with van der Waals surface area (Å²) in [5.74, 6) is -0.799. The molecule has 17 heavy (non-hydrogen) atoms. The topological polar surface area (TPSA) is 72.2 Å². The molecule has 0 fully saturated rings. The molecule has 0 radical (unpaired) electrons. The molecule has 4 nitrogen and oxygen atoms in total. The van der Waals surface area contributed by atoms with Crippen molar-refractivity contribution < 1.29 is 12.8 Å². The lowest BCUT2D eigenvalue weighted by Gasteiger charge is -2.09. The van der Waals surface area contributed by atoms with Crippen molar-refractivity contribution in [3.8, 4) is 0 Å². The van der Waals surface area contributed by atoms with E-state index in [2.05, 4.69) is 27.2 Å². The summed E-state index contributed by atoms with van der Waals surface area (Å²) in [6.07, 6.45) is 0. The number of nitrogen functional groups attached to an aromatic ring is 1. The normalized spacial score (nSPS) is 11.5. The average molecular weight is 323 g/mol. The van der Waals surface area contributed by atoms with Crippen LogP contribution in [0.15, 0.2) is 28.1 Å². The Labute approximate surface area is 108 Å². The van der Waals surface area contributed by atoms with Crippen LogP contribution in [0.2, 0.25) is 0 Å². The molecule has 0 saturated heterocycles. The van der Waals surface area contributed by atoms with E-state index in [0.29, 0.717) is 4.48 Å². The van der Waals surface area contributed by atoms with E-state index < -0.39 is 20.7 Å². The Hall–Kier alpha value is -0.920. The summed E-state index contributed by atoms with van der Waals surface area (Å²) >= 11 is 3.01. The molecule has 0 spiro atoms. The zero-order chi connectivity index (χ0) is 13.2. The van der Waals surface area contributed by atoms with Crippen LogP contribution in [-0.2, 0) is 10.0 Å². The van der Waals surface area contributed by atoms with Crippen LogP contribution in [-0.4, -0.2) is 15.0 Å². The highest BCUT2D eigenvalue weighted by molar-refractivity contribution is 9.11. The molecule has 0 saturated carbocycles. The van der Waals surface area contributed by atoms with Crippen molar-refractivity contribution in [1.29, 1.82) is 0 Å². The lowest BCUT2D eigenvalue weighted by atomic mass is 10.2. The maximum Gasteiger partial charge on any atom is 0.243 e. The van der Waals surface area contributed by atoms with E-state index in [1.54, 1.807) is 0 Å². The smallest absolute Gasteiger partial charge is 0.243 e. The van der Waals surface area contributed by atoms with Crippen LogP contribution in [0.3, 0.4) is 0 Å². The molecular weight excluding hydrogens is 311 g/mol. The first kappa shape index (κ1) is 14.1. The Balaban J connectivity index is 3.19. The number of benzene rings is 1. The van der Waals surface area contributed by atoms with Gasteiger partial charge in [-0.3, -0.25) is 0 Å². The zero-order valence-electron chi connectivity index (χ0n) is 9.13. The Bertz CT molecular complexity index is 558. The lowest BCUT2D eigenvalue weighted by Crippen LogP contribution is -2.26. The predicted molar refractivity (Wildman–Crippen MR) is 68.8 cm³/mol. The third-order valence-corrected chi connectivity index (χ3v) is 3.67. The van der Waals surface area contributed by atoms with Crippen molar-refractivity contribution in [1.82, 2.24) is 4.72 Å². The minimum absolute atomic E-state index is 0.0182. The molecule has 94 valence electrons. The van der Waals surface area contributed by atoms with E-state index in [4.69, 9.17) is 5.73 Å². The van der Waals surface area contributed by atoms with Crippen molar-refractivity contribution in [3.63, 3.8) is 0 Å². The van der Waals surface area contributed by atoms with Crippen molar-refractivity contribution in [2.45, 2.75) is 11.8 Å². The van der Waals surface area contributed by atoms with Crippen LogP contribution in [0.1, 0.15) is 5.56 Å². The van der Waals surface area contributed by atoms with Crippen molar-refractivity contribution in [2.24, 2.45) is 0 Å². The number of sulfonamides is 1. The molecule has 0 aromatic heterocycles. The number of aryl methyl sites for hydroxylation is 1. The molecule has 0 unspecified atom stereocenters. The first-order valence-corrected chi connectivity index (χ1v) is 6.90. The van der Waals surface area contributed by atoms with Gasteiger partial charge in [0.05, 0.1) is 0 Å². The molecule has 3 N–H and O–H groups in total. The highest BCUT2D eigenvalue weighted by Gasteiger charge is 2.20. The number of halogens is 2. The molecule has 0 amide bonds. The fraction of sp³-hybridized carbons (Fsp3) is 0.200. The molecule has 0 aliphatic rings. The Kier molecular flexibility index (Phi) is 4.29. The van der Waals surface area contributed by atoms with Gasteiger partial charge in [-0.2, -0.15) is 0 Å². The minimum atomic E-state index is -3.93. The van der Waals surface area contributed by atoms with Crippen molar-refractivity contribution >= 4 is 31.6 Å². The average Bonchev–Trinajstić information content (AvgIpc) is 2.20. The third kappa shape index (κ3) is 3.52. The zero-order valence-corrected chi connectivity index (χ0v) is 11.5. The number of hydrogen-bond donors (Lipinski definition) is 2. The molecule has 1 rings (SSSR count). The second kappa shape index (κ2) is 5.16. The first-order valence-electron chi connectivity index (χ1n) is 4.62. The van der Waals surface area contributed by atoms with E-state index in [-0.39, 0.29) is 17.8 Å². The monoisotopic (exact) mass is 322 g/mol. The summed E-state index contributed by atoms with van der Waals surface area (Å²) in [5, 5.41) is 0. The van der Waals surface area contributed by atoms with Gasteiger partial charge in [0.25, 0.3) is 0 Å². The highest BCUT2D eigenvalue weighted by Crippen LogP contribution is 2.21. The summed E-state index contributed by atoms with van der Waals surface area (Å²) in [4.78, 5) is -0.455. The van der Waals surface area contributed by atoms with Gasteiger partial charge in [-0.15, -0.1) is 0 Å². The second-order valence-corrected chi connectivity index (χ2v) is 6.35. The molecule has 0 atom stereocenters. The molecule has 0 aliphatic carbocycles. The molecule has 0 heterocycles. The Morgan fingerprint density at radius 2 is 2.18 bits per heavy atom. The van der Waals surface area contributed by atoms with E-state index >= 15 is 0 Å². The van der Waals surface area contributed by atoms with Gasteiger partial charge in [-0.05, 0) is 24.6 Å². The van der Waals surface area contributed by atoms with Gasteiger partial charge < -0.3 is 5.73 Å². The Morgan fingerprint density at radius 3 is 2.71 bits per heavy atom. The maximum absolute atomic E-state index is 13.7.